The Morgan fingerprint density at radius 2 is 2.10 bits per heavy atom. The fraction of sp³-hybridized carbons (Fsp3) is 0.500. The van der Waals surface area contributed by atoms with Crippen molar-refractivity contribution in [1.29, 1.82) is 0 Å². The zero-order valence-corrected chi connectivity index (χ0v) is 11.2. The van der Waals surface area contributed by atoms with Crippen molar-refractivity contribution in [2.45, 2.75) is 13.0 Å². The van der Waals surface area contributed by atoms with Crippen molar-refractivity contribution in [3.8, 4) is 0 Å². The number of amides is 1. The van der Waals surface area contributed by atoms with Crippen molar-refractivity contribution in [2.75, 3.05) is 0 Å². The summed E-state index contributed by atoms with van der Waals surface area (Å²) in [6.07, 6.45) is 8.22. The van der Waals surface area contributed by atoms with Crippen molar-refractivity contribution in [1.82, 2.24) is 15.1 Å². The first kappa shape index (κ1) is 12.9. The maximum atomic E-state index is 12.3. The van der Waals surface area contributed by atoms with Crippen molar-refractivity contribution < 1.29 is 14.7 Å². The molecule has 1 saturated carbocycles. The average Bonchev–Trinajstić information content (AvgIpc) is 3.10. The van der Waals surface area contributed by atoms with Crippen molar-refractivity contribution in [3.05, 3.63) is 30.1 Å². The number of rotatable bonds is 4. The monoisotopic (exact) mass is 275 g/mol. The molecule has 0 aromatic carbocycles. The number of allylic oxidation sites excluding steroid dienone is 2. The van der Waals surface area contributed by atoms with Gasteiger partial charge < -0.3 is 10.4 Å². The first-order valence-electron chi connectivity index (χ1n) is 6.72. The van der Waals surface area contributed by atoms with Crippen LogP contribution in [0.5, 0.6) is 0 Å². The number of aryl methyl sites for hydroxylation is 1. The summed E-state index contributed by atoms with van der Waals surface area (Å²) in [5.41, 5.74) is 0.909. The highest BCUT2D eigenvalue weighted by molar-refractivity contribution is 5.86. The normalized spacial score (nSPS) is 30.6. The van der Waals surface area contributed by atoms with Crippen LogP contribution in [0.3, 0.4) is 0 Å². The van der Waals surface area contributed by atoms with E-state index in [1.165, 1.54) is 0 Å². The number of aliphatic carboxylic acids is 1. The molecule has 3 rings (SSSR count). The summed E-state index contributed by atoms with van der Waals surface area (Å²) in [5.74, 6) is -2.00. The Bertz CT molecular complexity index is 578. The Kier molecular flexibility index (Phi) is 3.08. The lowest BCUT2D eigenvalue weighted by atomic mass is 9.82. The fourth-order valence-electron chi connectivity index (χ4n) is 3.39. The van der Waals surface area contributed by atoms with Crippen LogP contribution in [0.2, 0.25) is 0 Å². The minimum absolute atomic E-state index is 0.00615. The molecule has 2 aliphatic rings. The van der Waals surface area contributed by atoms with E-state index in [0.29, 0.717) is 6.54 Å². The Morgan fingerprint density at radius 1 is 1.40 bits per heavy atom. The van der Waals surface area contributed by atoms with Gasteiger partial charge in [0.05, 0.1) is 18.0 Å². The average molecular weight is 275 g/mol. The summed E-state index contributed by atoms with van der Waals surface area (Å²) in [6.45, 7) is 0.386. The van der Waals surface area contributed by atoms with Crippen molar-refractivity contribution in [2.24, 2.45) is 30.7 Å². The summed E-state index contributed by atoms with van der Waals surface area (Å²) >= 11 is 0. The van der Waals surface area contributed by atoms with E-state index in [0.717, 1.165) is 12.0 Å². The molecule has 6 heteroatoms. The van der Waals surface area contributed by atoms with Gasteiger partial charge in [-0.15, -0.1) is 0 Å². The van der Waals surface area contributed by atoms with Crippen LogP contribution in [0.15, 0.2) is 24.5 Å². The highest BCUT2D eigenvalue weighted by atomic mass is 16.4. The number of hydrogen-bond donors (Lipinski definition) is 2. The van der Waals surface area contributed by atoms with E-state index >= 15 is 0 Å². The third-order valence-electron chi connectivity index (χ3n) is 4.27. The van der Waals surface area contributed by atoms with Gasteiger partial charge in [-0.25, -0.2) is 0 Å². The molecule has 106 valence electrons. The quantitative estimate of drug-likeness (QED) is 0.786. The van der Waals surface area contributed by atoms with Gasteiger partial charge in [0.25, 0.3) is 0 Å². The molecule has 2 N–H and O–H groups in total. The number of fused-ring (bicyclic) bond motifs is 2. The van der Waals surface area contributed by atoms with E-state index in [1.54, 1.807) is 10.9 Å². The molecule has 0 aliphatic heterocycles. The standard InChI is InChI=1S/C14H17N3O3/c1-17-7-8(6-16-17)5-15-13(18)11-9-2-3-10(4-9)12(11)14(19)20/h2-3,6-7,9-12H,4-5H2,1H3,(H,15,18)(H,19,20)/t9-,10-,11+,12-/m0/s1. The van der Waals surface area contributed by atoms with Crippen molar-refractivity contribution >= 4 is 11.9 Å². The first-order valence-corrected chi connectivity index (χ1v) is 6.72. The van der Waals surface area contributed by atoms with Crippen LogP contribution >= 0.6 is 0 Å². The van der Waals surface area contributed by atoms with Gasteiger partial charge in [0.15, 0.2) is 0 Å². The molecule has 20 heavy (non-hydrogen) atoms. The topological polar surface area (TPSA) is 84.2 Å². The number of nitrogens with zero attached hydrogens (tertiary/aromatic N) is 2. The van der Waals surface area contributed by atoms with Gasteiger partial charge in [-0.1, -0.05) is 12.2 Å². The Hall–Kier alpha value is -2.11. The zero-order chi connectivity index (χ0) is 14.3. The molecule has 1 aromatic rings. The van der Waals surface area contributed by atoms with Gasteiger partial charge in [0, 0.05) is 25.4 Å². The summed E-state index contributed by atoms with van der Waals surface area (Å²) in [7, 11) is 1.81. The van der Waals surface area contributed by atoms with E-state index < -0.39 is 17.8 Å². The molecule has 4 atom stereocenters. The summed E-state index contributed by atoms with van der Waals surface area (Å²) in [5, 5.41) is 16.2. The van der Waals surface area contributed by atoms with E-state index in [2.05, 4.69) is 10.4 Å². The van der Waals surface area contributed by atoms with Gasteiger partial charge >= 0.3 is 5.97 Å². The van der Waals surface area contributed by atoms with Crippen molar-refractivity contribution in [3.63, 3.8) is 0 Å². The zero-order valence-electron chi connectivity index (χ0n) is 11.2. The van der Waals surface area contributed by atoms with Crippen LogP contribution < -0.4 is 5.32 Å². The van der Waals surface area contributed by atoms with Crippen LogP contribution in [0.4, 0.5) is 0 Å². The molecule has 1 amide bonds. The van der Waals surface area contributed by atoms with E-state index in [4.69, 9.17) is 0 Å². The van der Waals surface area contributed by atoms with Gasteiger partial charge in [-0.05, 0) is 18.3 Å². The molecular weight excluding hydrogens is 258 g/mol. The molecule has 1 aromatic heterocycles. The van der Waals surface area contributed by atoms with Crippen LogP contribution in [0.1, 0.15) is 12.0 Å². The number of carboxylic acids is 1. The number of carbonyl (C=O) groups excluding carboxylic acids is 1. The molecule has 2 bridgehead atoms. The smallest absolute Gasteiger partial charge is 0.307 e. The summed E-state index contributed by atoms with van der Waals surface area (Å²) < 4.78 is 1.67. The molecule has 0 unspecified atom stereocenters. The minimum Gasteiger partial charge on any atom is -0.481 e. The predicted molar refractivity (Wildman–Crippen MR) is 70.4 cm³/mol. The Morgan fingerprint density at radius 3 is 2.70 bits per heavy atom. The lowest BCUT2D eigenvalue weighted by Crippen LogP contribution is -2.39. The molecule has 6 nitrogen and oxygen atoms in total. The maximum absolute atomic E-state index is 12.3. The molecule has 0 radical (unpaired) electrons. The first-order chi connectivity index (χ1) is 9.56. The summed E-state index contributed by atoms with van der Waals surface area (Å²) in [6, 6.07) is 0. The van der Waals surface area contributed by atoms with E-state index in [9.17, 15) is 14.7 Å². The Labute approximate surface area is 116 Å². The number of carbonyl (C=O) groups is 2. The number of aromatic nitrogens is 2. The molecular formula is C14H17N3O3. The predicted octanol–water partition coefficient (Wildman–Crippen LogP) is 0.559. The third kappa shape index (κ3) is 2.11. The molecule has 1 fully saturated rings. The van der Waals surface area contributed by atoms with Gasteiger partial charge in [-0.2, -0.15) is 5.10 Å². The number of carboxylic acid groups (broad SMARTS) is 1. The van der Waals surface area contributed by atoms with Gasteiger partial charge in [0.2, 0.25) is 5.91 Å². The summed E-state index contributed by atoms with van der Waals surface area (Å²) in [4.78, 5) is 23.7. The second-order valence-corrected chi connectivity index (χ2v) is 5.58. The van der Waals surface area contributed by atoms with Crippen LogP contribution in [-0.4, -0.2) is 26.8 Å². The largest absolute Gasteiger partial charge is 0.481 e. The van der Waals surface area contributed by atoms with Crippen LogP contribution in [0.25, 0.3) is 0 Å². The minimum atomic E-state index is -0.872. The van der Waals surface area contributed by atoms with E-state index in [1.807, 2.05) is 25.4 Å². The fourth-order valence-corrected chi connectivity index (χ4v) is 3.39. The highest BCUT2D eigenvalue weighted by Crippen LogP contribution is 2.48. The van der Waals surface area contributed by atoms with Gasteiger partial charge in [-0.3, -0.25) is 14.3 Å². The SMILES string of the molecule is Cn1cc(CNC(=O)[C@H]2[C@@H](C(=O)O)[C@H]3C=C[C@H]2C3)cn1. The lowest BCUT2D eigenvalue weighted by Gasteiger charge is -2.23. The molecule has 1 heterocycles. The van der Waals surface area contributed by atoms with Gasteiger partial charge in [0.1, 0.15) is 0 Å². The highest BCUT2D eigenvalue weighted by Gasteiger charge is 2.51. The molecule has 0 saturated heterocycles. The second-order valence-electron chi connectivity index (χ2n) is 5.58. The molecule has 2 aliphatic carbocycles. The third-order valence-corrected chi connectivity index (χ3v) is 4.27. The van der Waals surface area contributed by atoms with Crippen LogP contribution in [-0.2, 0) is 23.2 Å². The second kappa shape index (κ2) is 4.77. The van der Waals surface area contributed by atoms with E-state index in [-0.39, 0.29) is 17.7 Å². The maximum Gasteiger partial charge on any atom is 0.307 e. The van der Waals surface area contributed by atoms with Crippen LogP contribution in [0, 0.1) is 23.7 Å². The number of nitrogens with one attached hydrogen (secondary N) is 1. The number of hydrogen-bond acceptors (Lipinski definition) is 3. The molecule has 0 spiro atoms. The Balaban J connectivity index is 1.67. The lowest BCUT2D eigenvalue weighted by molar-refractivity contribution is -0.147.